The molecule has 0 bridgehead atoms. The van der Waals surface area contributed by atoms with E-state index in [4.69, 9.17) is 16.3 Å². The minimum Gasteiger partial charge on any atom is -0.491 e. The van der Waals surface area contributed by atoms with Crippen LogP contribution in [-0.4, -0.2) is 17.8 Å². The van der Waals surface area contributed by atoms with Crippen LogP contribution in [0.1, 0.15) is 56.1 Å². The fraction of sp³-hybridized carbons (Fsp3) is 0.333. The van der Waals surface area contributed by atoms with Crippen molar-refractivity contribution in [2.45, 2.75) is 51.0 Å². The summed E-state index contributed by atoms with van der Waals surface area (Å²) in [5.74, 6) is 0.601. The average Bonchev–Trinajstić information content (AvgIpc) is 2.67. The second kappa shape index (κ2) is 8.03. The Morgan fingerprint density at radius 2 is 1.72 bits per heavy atom. The number of ketones is 1. The van der Waals surface area contributed by atoms with E-state index < -0.39 is 0 Å². The highest BCUT2D eigenvalue weighted by Gasteiger charge is 2.38. The first-order valence-electron chi connectivity index (χ1n) is 9.99. The Morgan fingerprint density at radius 1 is 1.00 bits per heavy atom. The molecule has 2 aliphatic rings. The lowest BCUT2D eigenvalue weighted by atomic mass is 9.73. The summed E-state index contributed by atoms with van der Waals surface area (Å²) in [7, 11) is 0. The highest BCUT2D eigenvalue weighted by molar-refractivity contribution is 6.31. The van der Waals surface area contributed by atoms with Crippen LogP contribution >= 0.6 is 11.6 Å². The molecule has 0 saturated heterocycles. The van der Waals surface area contributed by atoms with Crippen molar-refractivity contribution < 1.29 is 14.3 Å². The van der Waals surface area contributed by atoms with Crippen LogP contribution < -0.4 is 10.1 Å². The van der Waals surface area contributed by atoms with Crippen LogP contribution in [-0.2, 0) is 9.59 Å². The third-order valence-electron chi connectivity index (χ3n) is 5.54. The molecular formula is C24H24ClNO3. The Labute approximate surface area is 175 Å². The lowest BCUT2D eigenvalue weighted by Gasteiger charge is -2.34. The first-order chi connectivity index (χ1) is 13.9. The van der Waals surface area contributed by atoms with Crippen LogP contribution in [0.15, 0.2) is 59.8 Å². The van der Waals surface area contributed by atoms with Gasteiger partial charge in [0.2, 0.25) is 5.91 Å². The van der Waals surface area contributed by atoms with Gasteiger partial charge in [-0.2, -0.15) is 0 Å². The highest BCUT2D eigenvalue weighted by Crippen LogP contribution is 2.44. The molecule has 0 saturated carbocycles. The molecule has 0 fully saturated rings. The van der Waals surface area contributed by atoms with E-state index in [-0.39, 0.29) is 36.1 Å². The lowest BCUT2D eigenvalue weighted by Crippen LogP contribution is -2.38. The van der Waals surface area contributed by atoms with E-state index in [9.17, 15) is 9.59 Å². The Bertz CT molecular complexity index is 978. The second-order valence-corrected chi connectivity index (χ2v) is 8.39. The Kier molecular flexibility index (Phi) is 5.46. The Hall–Kier alpha value is -2.59. The van der Waals surface area contributed by atoms with E-state index in [1.165, 1.54) is 0 Å². The number of carbonyl (C=O) groups is 2. The van der Waals surface area contributed by atoms with Gasteiger partial charge < -0.3 is 10.1 Å². The van der Waals surface area contributed by atoms with Gasteiger partial charge >= 0.3 is 0 Å². The van der Waals surface area contributed by atoms with Gasteiger partial charge in [-0.15, -0.1) is 0 Å². The second-order valence-electron chi connectivity index (χ2n) is 7.98. The van der Waals surface area contributed by atoms with Crippen LogP contribution in [0.5, 0.6) is 5.75 Å². The molecule has 5 heteroatoms. The number of ether oxygens (including phenoxy) is 1. The standard InChI is InChI=1S/C24H24ClNO3/c1-14(2)29-17-9-7-15(8-10-17)16-11-21-24(22(27)12-16)19(13-23(28)26-21)18-5-3-4-6-20(18)25/h3-10,14,16,19H,11-13H2,1-2H3,(H,26,28). The molecule has 150 valence electrons. The summed E-state index contributed by atoms with van der Waals surface area (Å²) >= 11 is 6.38. The monoisotopic (exact) mass is 409 g/mol. The van der Waals surface area contributed by atoms with Gasteiger partial charge in [0, 0.05) is 35.1 Å². The molecule has 1 amide bonds. The maximum Gasteiger partial charge on any atom is 0.225 e. The molecule has 0 aromatic heterocycles. The third kappa shape index (κ3) is 4.08. The smallest absolute Gasteiger partial charge is 0.225 e. The number of carbonyl (C=O) groups excluding carboxylic acids is 2. The quantitative estimate of drug-likeness (QED) is 0.761. The van der Waals surface area contributed by atoms with Gasteiger partial charge in [-0.25, -0.2) is 0 Å². The number of allylic oxidation sites excluding steroid dienone is 2. The zero-order valence-corrected chi connectivity index (χ0v) is 17.3. The predicted octanol–water partition coefficient (Wildman–Crippen LogP) is 5.13. The molecule has 29 heavy (non-hydrogen) atoms. The summed E-state index contributed by atoms with van der Waals surface area (Å²) in [6.07, 6.45) is 1.43. The topological polar surface area (TPSA) is 55.4 Å². The number of hydrogen-bond acceptors (Lipinski definition) is 3. The summed E-state index contributed by atoms with van der Waals surface area (Å²) < 4.78 is 5.71. The zero-order chi connectivity index (χ0) is 20.5. The van der Waals surface area contributed by atoms with Crippen LogP contribution in [0.3, 0.4) is 0 Å². The van der Waals surface area contributed by atoms with Crippen LogP contribution in [0.25, 0.3) is 0 Å². The zero-order valence-electron chi connectivity index (χ0n) is 16.6. The van der Waals surface area contributed by atoms with Crippen LogP contribution in [0, 0.1) is 0 Å². The molecule has 0 radical (unpaired) electrons. The molecule has 1 aliphatic heterocycles. The van der Waals surface area contributed by atoms with Crippen molar-refractivity contribution >= 4 is 23.3 Å². The van der Waals surface area contributed by atoms with Crippen molar-refractivity contribution in [3.8, 4) is 5.75 Å². The fourth-order valence-corrected chi connectivity index (χ4v) is 4.58. The van der Waals surface area contributed by atoms with E-state index in [0.717, 1.165) is 22.6 Å². The normalized spacial score (nSPS) is 21.8. The summed E-state index contributed by atoms with van der Waals surface area (Å²) in [5, 5.41) is 3.55. The van der Waals surface area contributed by atoms with Crippen molar-refractivity contribution in [3.05, 3.63) is 76.0 Å². The van der Waals surface area contributed by atoms with Gasteiger partial charge in [0.25, 0.3) is 0 Å². The maximum atomic E-state index is 13.1. The van der Waals surface area contributed by atoms with Crippen molar-refractivity contribution in [2.75, 3.05) is 0 Å². The predicted molar refractivity (Wildman–Crippen MR) is 113 cm³/mol. The first kappa shape index (κ1) is 19.7. The minimum absolute atomic E-state index is 0.0413. The summed E-state index contributed by atoms with van der Waals surface area (Å²) in [6.45, 7) is 3.98. The molecule has 4 rings (SSSR count). The van der Waals surface area contributed by atoms with Gasteiger partial charge in [0.1, 0.15) is 5.75 Å². The number of nitrogens with one attached hydrogen (secondary N) is 1. The molecule has 1 aliphatic carbocycles. The van der Waals surface area contributed by atoms with E-state index in [0.29, 0.717) is 23.4 Å². The average molecular weight is 410 g/mol. The van der Waals surface area contributed by atoms with Crippen molar-refractivity contribution in [1.29, 1.82) is 0 Å². The largest absolute Gasteiger partial charge is 0.491 e. The number of amides is 1. The number of benzene rings is 2. The maximum absolute atomic E-state index is 13.1. The van der Waals surface area contributed by atoms with Gasteiger partial charge in [0.05, 0.1) is 6.10 Å². The number of rotatable bonds is 4. The van der Waals surface area contributed by atoms with E-state index in [1.54, 1.807) is 6.07 Å². The Balaban J connectivity index is 1.63. The van der Waals surface area contributed by atoms with Crippen molar-refractivity contribution in [3.63, 3.8) is 0 Å². The number of Topliss-reactive ketones (excluding diaryl/α,β-unsaturated/α-hetero) is 1. The van der Waals surface area contributed by atoms with Crippen LogP contribution in [0.2, 0.25) is 5.02 Å². The fourth-order valence-electron chi connectivity index (χ4n) is 4.31. The SMILES string of the molecule is CC(C)Oc1ccc(C2CC(=O)C3=C(C2)NC(=O)CC3c2ccccc2Cl)cc1. The molecule has 2 atom stereocenters. The van der Waals surface area contributed by atoms with Gasteiger partial charge in [-0.1, -0.05) is 41.9 Å². The molecular weight excluding hydrogens is 386 g/mol. The van der Waals surface area contributed by atoms with Gasteiger partial charge in [-0.05, 0) is 55.5 Å². The van der Waals surface area contributed by atoms with E-state index >= 15 is 0 Å². The molecule has 1 N–H and O–H groups in total. The Morgan fingerprint density at radius 3 is 2.41 bits per heavy atom. The third-order valence-corrected chi connectivity index (χ3v) is 5.88. The molecule has 2 aromatic carbocycles. The van der Waals surface area contributed by atoms with E-state index in [2.05, 4.69) is 5.32 Å². The summed E-state index contributed by atoms with van der Waals surface area (Å²) in [5.41, 5.74) is 3.39. The molecule has 1 heterocycles. The number of halogens is 1. The molecule has 0 spiro atoms. The van der Waals surface area contributed by atoms with Crippen molar-refractivity contribution in [2.24, 2.45) is 0 Å². The highest BCUT2D eigenvalue weighted by atomic mass is 35.5. The van der Waals surface area contributed by atoms with Crippen molar-refractivity contribution in [1.82, 2.24) is 5.32 Å². The molecule has 4 nitrogen and oxygen atoms in total. The number of hydrogen-bond donors (Lipinski definition) is 1. The lowest BCUT2D eigenvalue weighted by molar-refractivity contribution is -0.122. The molecule has 2 unspecified atom stereocenters. The molecule has 2 aromatic rings. The summed E-state index contributed by atoms with van der Waals surface area (Å²) in [4.78, 5) is 25.5. The van der Waals surface area contributed by atoms with Crippen LogP contribution in [0.4, 0.5) is 0 Å². The van der Waals surface area contributed by atoms with Gasteiger partial charge in [0.15, 0.2) is 5.78 Å². The minimum atomic E-state index is -0.275. The summed E-state index contributed by atoms with van der Waals surface area (Å²) in [6, 6.07) is 15.4. The van der Waals surface area contributed by atoms with Gasteiger partial charge in [-0.3, -0.25) is 9.59 Å². The van der Waals surface area contributed by atoms with E-state index in [1.807, 2.05) is 56.3 Å². The first-order valence-corrected chi connectivity index (χ1v) is 10.4.